The van der Waals surface area contributed by atoms with Crippen LogP contribution in [-0.2, 0) is 16.1 Å². The lowest BCUT2D eigenvalue weighted by Gasteiger charge is -2.05. The lowest BCUT2D eigenvalue weighted by molar-refractivity contribution is -0.384. The number of carboxylic acid groups (broad SMARTS) is 1. The number of rotatable bonds is 7. The smallest absolute Gasteiger partial charge is 0.407 e. The van der Waals surface area contributed by atoms with Gasteiger partial charge >= 0.3 is 12.1 Å². The van der Waals surface area contributed by atoms with Gasteiger partial charge in [-0.1, -0.05) is 6.08 Å². The molecule has 0 radical (unpaired) electrons. The van der Waals surface area contributed by atoms with Gasteiger partial charge in [0.25, 0.3) is 5.69 Å². The first-order valence-electron chi connectivity index (χ1n) is 6.02. The normalized spacial score (nSPS) is 10.3. The Labute approximate surface area is 120 Å². The van der Waals surface area contributed by atoms with Crippen LogP contribution in [0.4, 0.5) is 10.5 Å². The van der Waals surface area contributed by atoms with E-state index in [0.717, 1.165) is 6.08 Å². The van der Waals surface area contributed by atoms with Crippen molar-refractivity contribution in [3.05, 3.63) is 52.1 Å². The molecule has 0 aromatic heterocycles. The van der Waals surface area contributed by atoms with E-state index in [0.29, 0.717) is 12.0 Å². The monoisotopic (exact) mass is 294 g/mol. The van der Waals surface area contributed by atoms with Crippen LogP contribution >= 0.6 is 0 Å². The number of nitro benzene ring substituents is 1. The number of nitrogens with zero attached hydrogens (tertiary/aromatic N) is 1. The predicted octanol–water partition coefficient (Wildman–Crippen LogP) is 1.85. The van der Waals surface area contributed by atoms with Crippen LogP contribution in [0.5, 0.6) is 0 Å². The van der Waals surface area contributed by atoms with Crippen LogP contribution in [0.15, 0.2) is 36.4 Å². The first-order valence-corrected chi connectivity index (χ1v) is 6.02. The number of aliphatic carboxylic acids is 1. The molecular formula is C13H14N2O6. The zero-order chi connectivity index (χ0) is 15.7. The van der Waals surface area contributed by atoms with Crippen molar-refractivity contribution in [2.45, 2.75) is 13.0 Å². The van der Waals surface area contributed by atoms with Gasteiger partial charge in [0, 0.05) is 24.8 Å². The fourth-order valence-electron chi connectivity index (χ4n) is 1.36. The molecule has 0 saturated carbocycles. The second kappa shape index (κ2) is 8.31. The van der Waals surface area contributed by atoms with Gasteiger partial charge in [0.2, 0.25) is 0 Å². The summed E-state index contributed by atoms with van der Waals surface area (Å²) in [5.41, 5.74) is 0.593. The molecule has 112 valence electrons. The SMILES string of the molecule is O=C(O)C=CCCNC(=O)OCc1ccc([N+](=O)[O-])cc1. The van der Waals surface area contributed by atoms with Crippen molar-refractivity contribution in [2.24, 2.45) is 0 Å². The van der Waals surface area contributed by atoms with Crippen molar-refractivity contribution in [3.63, 3.8) is 0 Å². The molecular weight excluding hydrogens is 280 g/mol. The highest BCUT2D eigenvalue weighted by atomic mass is 16.6. The minimum Gasteiger partial charge on any atom is -0.478 e. The molecule has 21 heavy (non-hydrogen) atoms. The number of nitro groups is 1. The molecule has 0 heterocycles. The molecule has 8 nitrogen and oxygen atoms in total. The van der Waals surface area contributed by atoms with Gasteiger partial charge in [-0.15, -0.1) is 0 Å². The third-order valence-electron chi connectivity index (χ3n) is 2.36. The number of carbonyl (C=O) groups is 2. The quantitative estimate of drug-likeness (QED) is 0.343. The molecule has 0 atom stereocenters. The number of alkyl carbamates (subject to hydrolysis) is 1. The van der Waals surface area contributed by atoms with Crippen LogP contribution in [0.2, 0.25) is 0 Å². The molecule has 0 bridgehead atoms. The van der Waals surface area contributed by atoms with Gasteiger partial charge in [-0.3, -0.25) is 10.1 Å². The Morgan fingerprint density at radius 1 is 1.33 bits per heavy atom. The second-order valence-electron chi connectivity index (χ2n) is 3.96. The number of non-ortho nitro benzene ring substituents is 1. The van der Waals surface area contributed by atoms with Crippen LogP contribution in [0, 0.1) is 10.1 Å². The van der Waals surface area contributed by atoms with E-state index in [9.17, 15) is 19.7 Å². The van der Waals surface area contributed by atoms with Crippen molar-refractivity contribution in [1.82, 2.24) is 5.32 Å². The average Bonchev–Trinajstić information content (AvgIpc) is 2.44. The van der Waals surface area contributed by atoms with Crippen molar-refractivity contribution in [2.75, 3.05) is 6.54 Å². The van der Waals surface area contributed by atoms with Crippen LogP contribution in [0.1, 0.15) is 12.0 Å². The van der Waals surface area contributed by atoms with Gasteiger partial charge < -0.3 is 15.2 Å². The largest absolute Gasteiger partial charge is 0.478 e. The molecule has 0 spiro atoms. The Hall–Kier alpha value is -2.90. The highest BCUT2D eigenvalue weighted by Gasteiger charge is 2.05. The van der Waals surface area contributed by atoms with Gasteiger partial charge in [-0.25, -0.2) is 9.59 Å². The minimum atomic E-state index is -1.05. The zero-order valence-corrected chi connectivity index (χ0v) is 11.0. The molecule has 0 aliphatic heterocycles. The number of hydrogen-bond donors (Lipinski definition) is 2. The van der Waals surface area contributed by atoms with E-state index in [1.54, 1.807) is 0 Å². The van der Waals surface area contributed by atoms with Gasteiger partial charge in [0.1, 0.15) is 6.61 Å². The van der Waals surface area contributed by atoms with Crippen LogP contribution < -0.4 is 5.32 Å². The maximum atomic E-state index is 11.3. The van der Waals surface area contributed by atoms with Gasteiger partial charge in [0.15, 0.2) is 0 Å². The summed E-state index contributed by atoms with van der Waals surface area (Å²) in [6.45, 7) is 0.248. The zero-order valence-electron chi connectivity index (χ0n) is 11.0. The molecule has 0 aliphatic carbocycles. The number of carboxylic acids is 1. The molecule has 0 unspecified atom stereocenters. The Balaban J connectivity index is 2.26. The molecule has 1 aromatic rings. The summed E-state index contributed by atoms with van der Waals surface area (Å²) >= 11 is 0. The second-order valence-corrected chi connectivity index (χ2v) is 3.96. The van der Waals surface area contributed by atoms with E-state index >= 15 is 0 Å². The van der Waals surface area contributed by atoms with Crippen molar-refractivity contribution >= 4 is 17.7 Å². The van der Waals surface area contributed by atoms with E-state index in [-0.39, 0.29) is 18.8 Å². The average molecular weight is 294 g/mol. The Kier molecular flexibility index (Phi) is 6.39. The van der Waals surface area contributed by atoms with Crippen molar-refractivity contribution in [3.8, 4) is 0 Å². The molecule has 1 amide bonds. The summed E-state index contributed by atoms with van der Waals surface area (Å²) in [4.78, 5) is 31.4. The third kappa shape index (κ3) is 6.71. The summed E-state index contributed by atoms with van der Waals surface area (Å²) in [6, 6.07) is 5.66. The minimum absolute atomic E-state index is 0.00517. The van der Waals surface area contributed by atoms with Gasteiger partial charge in [-0.2, -0.15) is 0 Å². The number of hydrogen-bond acceptors (Lipinski definition) is 5. The van der Waals surface area contributed by atoms with Crippen molar-refractivity contribution < 1.29 is 24.4 Å². The molecule has 0 aliphatic rings. The molecule has 1 rings (SSSR count). The fraction of sp³-hybridized carbons (Fsp3) is 0.231. The lowest BCUT2D eigenvalue weighted by Crippen LogP contribution is -2.24. The Morgan fingerprint density at radius 2 is 2.00 bits per heavy atom. The number of carbonyl (C=O) groups excluding carboxylic acids is 1. The van der Waals surface area contributed by atoms with Crippen LogP contribution in [0.25, 0.3) is 0 Å². The third-order valence-corrected chi connectivity index (χ3v) is 2.36. The number of amides is 1. The van der Waals surface area contributed by atoms with E-state index in [1.165, 1.54) is 30.3 Å². The lowest BCUT2D eigenvalue weighted by atomic mass is 10.2. The molecule has 8 heteroatoms. The van der Waals surface area contributed by atoms with Gasteiger partial charge in [0.05, 0.1) is 4.92 Å². The Bertz CT molecular complexity index is 538. The number of nitrogens with one attached hydrogen (secondary N) is 1. The number of benzene rings is 1. The van der Waals surface area contributed by atoms with E-state index in [4.69, 9.17) is 9.84 Å². The summed E-state index contributed by atoms with van der Waals surface area (Å²) < 4.78 is 4.90. The van der Waals surface area contributed by atoms with Gasteiger partial charge in [-0.05, 0) is 24.1 Å². The highest BCUT2D eigenvalue weighted by molar-refractivity contribution is 5.79. The number of ether oxygens (including phenoxy) is 1. The molecule has 1 aromatic carbocycles. The first-order chi connectivity index (χ1) is 9.99. The van der Waals surface area contributed by atoms with Crippen molar-refractivity contribution in [1.29, 1.82) is 0 Å². The summed E-state index contributed by atoms with van der Waals surface area (Å²) in [7, 11) is 0. The summed E-state index contributed by atoms with van der Waals surface area (Å²) in [6.07, 6.45) is 2.14. The maximum absolute atomic E-state index is 11.3. The molecule has 2 N–H and O–H groups in total. The Morgan fingerprint density at radius 3 is 2.57 bits per heavy atom. The first kappa shape index (κ1) is 16.2. The van der Waals surface area contributed by atoms with E-state index in [1.807, 2.05) is 0 Å². The fourth-order valence-corrected chi connectivity index (χ4v) is 1.36. The van der Waals surface area contributed by atoms with Crippen LogP contribution in [0.3, 0.4) is 0 Å². The summed E-state index contributed by atoms with van der Waals surface area (Å²) in [5, 5.41) is 21.2. The summed E-state index contributed by atoms with van der Waals surface area (Å²) in [5.74, 6) is -1.05. The van der Waals surface area contributed by atoms with Crippen LogP contribution in [-0.4, -0.2) is 28.6 Å². The maximum Gasteiger partial charge on any atom is 0.407 e. The standard InChI is InChI=1S/C13H14N2O6/c16-12(17)3-1-2-8-14-13(18)21-9-10-4-6-11(7-5-10)15(19)20/h1,3-7H,2,8-9H2,(H,14,18)(H,16,17). The molecule has 0 saturated heterocycles. The highest BCUT2D eigenvalue weighted by Crippen LogP contribution is 2.12. The predicted molar refractivity (Wildman–Crippen MR) is 72.7 cm³/mol. The van der Waals surface area contributed by atoms with E-state index < -0.39 is 17.0 Å². The van der Waals surface area contributed by atoms with E-state index in [2.05, 4.69) is 5.32 Å². The molecule has 0 fully saturated rings. The topological polar surface area (TPSA) is 119 Å².